The predicted molar refractivity (Wildman–Crippen MR) is 91.9 cm³/mol. The molecule has 0 fully saturated rings. The van der Waals surface area contributed by atoms with Crippen LogP contribution < -0.4 is 10.6 Å². The van der Waals surface area contributed by atoms with Gasteiger partial charge in [-0.25, -0.2) is 4.98 Å². The lowest BCUT2D eigenvalue weighted by Gasteiger charge is -2.13. The van der Waals surface area contributed by atoms with E-state index in [9.17, 15) is 0 Å². The van der Waals surface area contributed by atoms with Crippen LogP contribution in [0.4, 0.5) is 11.4 Å². The highest BCUT2D eigenvalue weighted by molar-refractivity contribution is 5.60. The minimum Gasteiger partial charge on any atom is -0.399 e. The maximum absolute atomic E-state index is 5.74. The van der Waals surface area contributed by atoms with Crippen LogP contribution in [0.5, 0.6) is 0 Å². The van der Waals surface area contributed by atoms with Gasteiger partial charge in [0.2, 0.25) is 0 Å². The number of rotatable bonds is 4. The van der Waals surface area contributed by atoms with Crippen molar-refractivity contribution in [2.75, 3.05) is 24.7 Å². The number of nitrogens with zero attached hydrogens (tertiary/aromatic N) is 3. The van der Waals surface area contributed by atoms with Gasteiger partial charge in [-0.15, -0.1) is 0 Å². The van der Waals surface area contributed by atoms with E-state index >= 15 is 0 Å². The standard InChI is InChI=1S/C18H20N4/c1-21(2)17-9-5-15(6-10-17)18-20-11-12-22(18)13-14-3-7-16(19)8-4-14/h3-12H,13,19H2,1-2H3. The Kier molecular flexibility index (Phi) is 3.83. The van der Waals surface area contributed by atoms with Crippen LogP contribution in [0.2, 0.25) is 0 Å². The summed E-state index contributed by atoms with van der Waals surface area (Å²) in [7, 11) is 4.08. The molecule has 0 bridgehead atoms. The number of anilines is 2. The summed E-state index contributed by atoms with van der Waals surface area (Å²) in [5, 5.41) is 0. The molecular weight excluding hydrogens is 272 g/mol. The smallest absolute Gasteiger partial charge is 0.140 e. The van der Waals surface area contributed by atoms with E-state index in [4.69, 9.17) is 5.73 Å². The molecule has 0 aliphatic carbocycles. The van der Waals surface area contributed by atoms with E-state index in [1.54, 1.807) is 0 Å². The molecule has 112 valence electrons. The van der Waals surface area contributed by atoms with Crippen LogP contribution in [-0.4, -0.2) is 23.6 Å². The molecule has 4 nitrogen and oxygen atoms in total. The fourth-order valence-corrected chi connectivity index (χ4v) is 2.43. The molecule has 0 radical (unpaired) electrons. The summed E-state index contributed by atoms with van der Waals surface area (Å²) in [5.74, 6) is 0.974. The first-order valence-corrected chi connectivity index (χ1v) is 7.27. The molecule has 0 saturated carbocycles. The second kappa shape index (κ2) is 5.93. The van der Waals surface area contributed by atoms with Crippen molar-refractivity contribution >= 4 is 11.4 Å². The van der Waals surface area contributed by atoms with Gasteiger partial charge < -0.3 is 15.2 Å². The third-order valence-electron chi connectivity index (χ3n) is 3.69. The number of nitrogen functional groups attached to an aromatic ring is 1. The average molecular weight is 292 g/mol. The van der Waals surface area contributed by atoms with E-state index in [0.29, 0.717) is 0 Å². The van der Waals surface area contributed by atoms with Crippen molar-refractivity contribution in [1.82, 2.24) is 9.55 Å². The van der Waals surface area contributed by atoms with Gasteiger partial charge in [-0.3, -0.25) is 0 Å². The predicted octanol–water partition coefficient (Wildman–Crippen LogP) is 3.25. The molecule has 2 aromatic carbocycles. The minimum atomic E-state index is 0.783. The Bertz CT molecular complexity index is 740. The third-order valence-corrected chi connectivity index (χ3v) is 3.69. The van der Waals surface area contributed by atoms with Gasteiger partial charge >= 0.3 is 0 Å². The number of hydrogen-bond acceptors (Lipinski definition) is 3. The van der Waals surface area contributed by atoms with Crippen molar-refractivity contribution < 1.29 is 0 Å². The molecule has 0 aliphatic rings. The molecular formula is C18H20N4. The van der Waals surface area contributed by atoms with Gasteiger partial charge in [0.15, 0.2) is 0 Å². The average Bonchev–Trinajstić information content (AvgIpc) is 2.98. The molecule has 0 atom stereocenters. The molecule has 2 N–H and O–H groups in total. The van der Waals surface area contributed by atoms with Gasteiger partial charge in [0.05, 0.1) is 0 Å². The Morgan fingerprint density at radius 3 is 2.32 bits per heavy atom. The van der Waals surface area contributed by atoms with Gasteiger partial charge in [0.1, 0.15) is 5.82 Å². The van der Waals surface area contributed by atoms with Crippen molar-refractivity contribution in [3.05, 3.63) is 66.5 Å². The first kappa shape index (κ1) is 14.2. The topological polar surface area (TPSA) is 47.1 Å². The largest absolute Gasteiger partial charge is 0.399 e. The summed E-state index contributed by atoms with van der Waals surface area (Å²) < 4.78 is 2.15. The van der Waals surface area contributed by atoms with Crippen molar-refractivity contribution in [1.29, 1.82) is 0 Å². The van der Waals surface area contributed by atoms with Crippen LogP contribution in [0.1, 0.15) is 5.56 Å². The molecule has 3 aromatic rings. The first-order valence-electron chi connectivity index (χ1n) is 7.27. The zero-order chi connectivity index (χ0) is 15.5. The van der Waals surface area contributed by atoms with Gasteiger partial charge in [0.25, 0.3) is 0 Å². The van der Waals surface area contributed by atoms with Crippen molar-refractivity contribution in [3.8, 4) is 11.4 Å². The van der Waals surface area contributed by atoms with Crippen molar-refractivity contribution in [2.45, 2.75) is 6.54 Å². The second-order valence-electron chi connectivity index (χ2n) is 5.56. The molecule has 4 heteroatoms. The number of imidazole rings is 1. The molecule has 1 aromatic heterocycles. The zero-order valence-electron chi connectivity index (χ0n) is 12.9. The van der Waals surface area contributed by atoms with Gasteiger partial charge in [-0.05, 0) is 42.0 Å². The Balaban J connectivity index is 1.86. The SMILES string of the molecule is CN(C)c1ccc(-c2nccn2Cc2ccc(N)cc2)cc1. The number of hydrogen-bond donors (Lipinski definition) is 1. The van der Waals surface area contributed by atoms with Gasteiger partial charge in [-0.1, -0.05) is 12.1 Å². The van der Waals surface area contributed by atoms with Crippen LogP contribution in [0, 0.1) is 0 Å². The van der Waals surface area contributed by atoms with Gasteiger partial charge in [-0.2, -0.15) is 0 Å². The Labute approximate surface area is 130 Å². The number of nitrogens with two attached hydrogens (primary N) is 1. The van der Waals surface area contributed by atoms with Crippen LogP contribution in [0.3, 0.4) is 0 Å². The molecule has 0 saturated heterocycles. The molecule has 1 heterocycles. The van der Waals surface area contributed by atoms with Crippen LogP contribution in [0.15, 0.2) is 60.9 Å². The summed E-state index contributed by atoms with van der Waals surface area (Å²) in [6.45, 7) is 0.783. The fourth-order valence-electron chi connectivity index (χ4n) is 2.43. The molecule has 0 aliphatic heterocycles. The van der Waals surface area contributed by atoms with Crippen molar-refractivity contribution in [3.63, 3.8) is 0 Å². The molecule has 0 amide bonds. The highest BCUT2D eigenvalue weighted by Gasteiger charge is 2.07. The lowest BCUT2D eigenvalue weighted by atomic mass is 10.1. The van der Waals surface area contributed by atoms with Gasteiger partial charge in [0, 0.05) is 50.0 Å². The first-order chi connectivity index (χ1) is 10.6. The normalized spacial score (nSPS) is 10.6. The highest BCUT2D eigenvalue weighted by Crippen LogP contribution is 2.22. The lowest BCUT2D eigenvalue weighted by Crippen LogP contribution is -2.08. The summed E-state index contributed by atoms with van der Waals surface area (Å²) >= 11 is 0. The Morgan fingerprint density at radius 1 is 1.00 bits per heavy atom. The zero-order valence-corrected chi connectivity index (χ0v) is 12.9. The van der Waals surface area contributed by atoms with Crippen LogP contribution in [0.25, 0.3) is 11.4 Å². The summed E-state index contributed by atoms with van der Waals surface area (Å²) in [4.78, 5) is 6.59. The van der Waals surface area contributed by atoms with E-state index in [2.05, 4.69) is 38.7 Å². The highest BCUT2D eigenvalue weighted by atomic mass is 15.1. The Hall–Kier alpha value is -2.75. The number of aromatic nitrogens is 2. The Morgan fingerprint density at radius 2 is 1.68 bits per heavy atom. The van der Waals surface area contributed by atoms with E-state index < -0.39 is 0 Å². The molecule has 3 rings (SSSR count). The van der Waals surface area contributed by atoms with Crippen molar-refractivity contribution in [2.24, 2.45) is 0 Å². The fraction of sp³-hybridized carbons (Fsp3) is 0.167. The third kappa shape index (κ3) is 2.96. The number of benzene rings is 2. The molecule has 22 heavy (non-hydrogen) atoms. The second-order valence-corrected chi connectivity index (χ2v) is 5.56. The molecule has 0 unspecified atom stereocenters. The van der Waals surface area contributed by atoms with Crippen LogP contribution >= 0.6 is 0 Å². The van der Waals surface area contributed by atoms with E-state index in [1.807, 2.05) is 50.8 Å². The van der Waals surface area contributed by atoms with E-state index in [1.165, 1.54) is 11.3 Å². The van der Waals surface area contributed by atoms with Crippen LogP contribution in [-0.2, 0) is 6.54 Å². The minimum absolute atomic E-state index is 0.783. The van der Waals surface area contributed by atoms with E-state index in [0.717, 1.165) is 23.6 Å². The monoisotopic (exact) mass is 292 g/mol. The van der Waals surface area contributed by atoms with E-state index in [-0.39, 0.29) is 0 Å². The summed E-state index contributed by atoms with van der Waals surface area (Å²) in [6, 6.07) is 16.4. The molecule has 0 spiro atoms. The quantitative estimate of drug-likeness (QED) is 0.751. The summed E-state index contributed by atoms with van der Waals surface area (Å²) in [6.07, 6.45) is 3.85. The maximum atomic E-state index is 5.74. The summed E-state index contributed by atoms with van der Waals surface area (Å²) in [5.41, 5.74) is 10.0. The maximum Gasteiger partial charge on any atom is 0.140 e. The lowest BCUT2D eigenvalue weighted by molar-refractivity contribution is 0.807.